The van der Waals surface area contributed by atoms with Gasteiger partial charge in [-0.25, -0.2) is 0 Å². The zero-order chi connectivity index (χ0) is 19.6. The first-order chi connectivity index (χ1) is 13.0. The molecule has 0 fully saturated rings. The van der Waals surface area contributed by atoms with Gasteiger partial charge in [0.25, 0.3) is 0 Å². The number of aliphatic hydroxyl groups is 1. The lowest BCUT2D eigenvalue weighted by Crippen LogP contribution is -2.13. The molecule has 2 aromatic carbocycles. The van der Waals surface area contributed by atoms with E-state index in [1.54, 1.807) is 12.1 Å². The third-order valence-electron chi connectivity index (χ3n) is 4.56. The van der Waals surface area contributed by atoms with Crippen LogP contribution in [0.5, 0.6) is 11.5 Å². The van der Waals surface area contributed by atoms with E-state index in [4.69, 9.17) is 9.84 Å². The zero-order valence-corrected chi connectivity index (χ0v) is 16.2. The van der Waals surface area contributed by atoms with Gasteiger partial charge < -0.3 is 14.9 Å². The number of esters is 1. The van der Waals surface area contributed by atoms with E-state index >= 15 is 0 Å². The second-order valence-corrected chi connectivity index (χ2v) is 7.29. The number of para-hydroxylation sites is 2. The van der Waals surface area contributed by atoms with Crippen molar-refractivity contribution in [3.8, 4) is 11.5 Å². The standard InChI is InChI=1S/C23H30O4/c1-17(2)16-23(26)27-22-14-8-6-12-20(22)18(10-4-3-9-15-24)19-11-5-7-13-21(19)25/h5-8,11-14,17-18,24-25H,3-4,9-10,15-16H2,1-2H3/t18-/m1/s1. The summed E-state index contributed by atoms with van der Waals surface area (Å²) in [6, 6.07) is 14.9. The summed E-state index contributed by atoms with van der Waals surface area (Å²) in [4.78, 5) is 12.2. The first kappa shape index (κ1) is 21.0. The Bertz CT molecular complexity index is 724. The van der Waals surface area contributed by atoms with Crippen LogP contribution in [0.25, 0.3) is 0 Å². The normalized spacial score (nSPS) is 12.1. The molecule has 0 spiro atoms. The van der Waals surface area contributed by atoms with E-state index in [1.807, 2.05) is 50.2 Å². The average molecular weight is 370 g/mol. The molecular weight excluding hydrogens is 340 g/mol. The minimum atomic E-state index is -0.242. The number of rotatable bonds is 10. The largest absolute Gasteiger partial charge is 0.508 e. The zero-order valence-electron chi connectivity index (χ0n) is 16.2. The molecular formula is C23H30O4. The maximum absolute atomic E-state index is 12.2. The minimum absolute atomic E-state index is 0.0760. The van der Waals surface area contributed by atoms with Gasteiger partial charge in [-0.1, -0.05) is 63.1 Å². The quantitative estimate of drug-likeness (QED) is 0.350. The number of phenols is 1. The van der Waals surface area contributed by atoms with Crippen LogP contribution in [-0.2, 0) is 4.79 Å². The van der Waals surface area contributed by atoms with Gasteiger partial charge in [-0.2, -0.15) is 0 Å². The van der Waals surface area contributed by atoms with Crippen LogP contribution < -0.4 is 4.74 Å². The summed E-state index contributed by atoms with van der Waals surface area (Å²) in [5.74, 6) is 0.713. The molecule has 0 amide bonds. The summed E-state index contributed by atoms with van der Waals surface area (Å²) in [7, 11) is 0. The molecule has 0 unspecified atom stereocenters. The first-order valence-electron chi connectivity index (χ1n) is 9.71. The molecule has 27 heavy (non-hydrogen) atoms. The van der Waals surface area contributed by atoms with E-state index < -0.39 is 0 Å². The van der Waals surface area contributed by atoms with Gasteiger partial charge in [0.15, 0.2) is 0 Å². The van der Waals surface area contributed by atoms with Crippen molar-refractivity contribution >= 4 is 5.97 Å². The molecule has 2 N–H and O–H groups in total. The Morgan fingerprint density at radius 2 is 1.63 bits per heavy atom. The summed E-state index contributed by atoms with van der Waals surface area (Å²) in [6.45, 7) is 4.16. The molecule has 146 valence electrons. The number of aliphatic hydroxyl groups excluding tert-OH is 1. The van der Waals surface area contributed by atoms with Gasteiger partial charge in [0.1, 0.15) is 11.5 Å². The SMILES string of the molecule is CC(C)CC(=O)Oc1ccccc1[C@H](CCCCCO)c1ccccc1O. The molecule has 0 aliphatic carbocycles. The monoisotopic (exact) mass is 370 g/mol. The van der Waals surface area contributed by atoms with Gasteiger partial charge in [-0.3, -0.25) is 4.79 Å². The van der Waals surface area contributed by atoms with Gasteiger partial charge in [0.05, 0.1) is 0 Å². The molecule has 0 saturated carbocycles. The van der Waals surface area contributed by atoms with Crippen LogP contribution in [0.4, 0.5) is 0 Å². The van der Waals surface area contributed by atoms with E-state index in [0.29, 0.717) is 12.2 Å². The van der Waals surface area contributed by atoms with Crippen molar-refractivity contribution in [1.82, 2.24) is 0 Å². The molecule has 2 aromatic rings. The van der Waals surface area contributed by atoms with Crippen molar-refractivity contribution in [3.63, 3.8) is 0 Å². The van der Waals surface area contributed by atoms with Crippen molar-refractivity contribution in [2.75, 3.05) is 6.61 Å². The minimum Gasteiger partial charge on any atom is -0.508 e. The topological polar surface area (TPSA) is 66.8 Å². The van der Waals surface area contributed by atoms with Crippen LogP contribution in [0.2, 0.25) is 0 Å². The summed E-state index contributed by atoms with van der Waals surface area (Å²) in [6.07, 6.45) is 3.75. The highest BCUT2D eigenvalue weighted by molar-refractivity contribution is 5.73. The van der Waals surface area contributed by atoms with Crippen LogP contribution in [0.1, 0.15) is 63.0 Å². The van der Waals surface area contributed by atoms with Crippen molar-refractivity contribution < 1.29 is 19.7 Å². The molecule has 0 aliphatic rings. The van der Waals surface area contributed by atoms with E-state index in [2.05, 4.69) is 0 Å². The second-order valence-electron chi connectivity index (χ2n) is 7.29. The molecule has 4 heteroatoms. The Labute approximate surface area is 161 Å². The van der Waals surface area contributed by atoms with E-state index in [1.165, 1.54) is 0 Å². The fraction of sp³-hybridized carbons (Fsp3) is 0.435. The lowest BCUT2D eigenvalue weighted by atomic mass is 9.85. The number of unbranched alkanes of at least 4 members (excludes halogenated alkanes) is 2. The summed E-state index contributed by atoms with van der Waals surface area (Å²) < 4.78 is 5.67. The Morgan fingerprint density at radius 1 is 0.963 bits per heavy atom. The molecule has 0 saturated heterocycles. The number of carbonyl (C=O) groups excluding carboxylic acids is 1. The highest BCUT2D eigenvalue weighted by Crippen LogP contribution is 2.39. The van der Waals surface area contributed by atoms with E-state index in [0.717, 1.165) is 36.8 Å². The predicted molar refractivity (Wildman–Crippen MR) is 107 cm³/mol. The van der Waals surface area contributed by atoms with Crippen LogP contribution >= 0.6 is 0 Å². The Kier molecular flexibility index (Phi) is 8.34. The van der Waals surface area contributed by atoms with Gasteiger partial charge in [-0.15, -0.1) is 0 Å². The first-order valence-corrected chi connectivity index (χ1v) is 9.71. The summed E-state index contributed by atoms with van der Waals surface area (Å²) in [5.41, 5.74) is 1.73. The van der Waals surface area contributed by atoms with Crippen LogP contribution in [0.15, 0.2) is 48.5 Å². The number of hydrogen-bond donors (Lipinski definition) is 2. The third kappa shape index (κ3) is 6.40. The number of ether oxygens (including phenoxy) is 1. The number of carbonyl (C=O) groups is 1. The molecule has 0 heterocycles. The van der Waals surface area contributed by atoms with Gasteiger partial charge in [0, 0.05) is 30.1 Å². The van der Waals surface area contributed by atoms with Gasteiger partial charge in [-0.05, 0) is 30.9 Å². The molecule has 1 atom stereocenters. The molecule has 0 bridgehead atoms. The van der Waals surface area contributed by atoms with E-state index in [9.17, 15) is 9.90 Å². The molecule has 0 radical (unpaired) electrons. The predicted octanol–water partition coefficient (Wildman–Crippen LogP) is 5.03. The Hall–Kier alpha value is -2.33. The van der Waals surface area contributed by atoms with E-state index in [-0.39, 0.29) is 30.2 Å². The molecule has 2 rings (SSSR count). The third-order valence-corrected chi connectivity index (χ3v) is 4.56. The lowest BCUT2D eigenvalue weighted by molar-refractivity contribution is -0.135. The van der Waals surface area contributed by atoms with Crippen molar-refractivity contribution in [3.05, 3.63) is 59.7 Å². The Balaban J connectivity index is 2.32. The highest BCUT2D eigenvalue weighted by atomic mass is 16.5. The lowest BCUT2D eigenvalue weighted by Gasteiger charge is -2.22. The van der Waals surface area contributed by atoms with Gasteiger partial charge >= 0.3 is 5.97 Å². The fourth-order valence-electron chi connectivity index (χ4n) is 3.26. The van der Waals surface area contributed by atoms with Crippen LogP contribution in [0, 0.1) is 5.92 Å². The highest BCUT2D eigenvalue weighted by Gasteiger charge is 2.22. The molecule has 0 aromatic heterocycles. The van der Waals surface area contributed by atoms with Crippen molar-refractivity contribution in [2.45, 2.75) is 51.9 Å². The number of benzene rings is 2. The number of hydrogen-bond acceptors (Lipinski definition) is 4. The summed E-state index contributed by atoms with van der Waals surface area (Å²) in [5, 5.41) is 19.4. The van der Waals surface area contributed by atoms with Crippen LogP contribution in [-0.4, -0.2) is 22.8 Å². The van der Waals surface area contributed by atoms with Gasteiger partial charge in [0.2, 0.25) is 0 Å². The average Bonchev–Trinajstić information content (AvgIpc) is 2.63. The van der Waals surface area contributed by atoms with Crippen molar-refractivity contribution in [1.29, 1.82) is 0 Å². The van der Waals surface area contributed by atoms with Crippen LogP contribution in [0.3, 0.4) is 0 Å². The smallest absolute Gasteiger partial charge is 0.311 e. The maximum Gasteiger partial charge on any atom is 0.311 e. The number of aromatic hydroxyl groups is 1. The van der Waals surface area contributed by atoms with Crippen molar-refractivity contribution in [2.24, 2.45) is 5.92 Å². The molecule has 0 aliphatic heterocycles. The Morgan fingerprint density at radius 3 is 2.30 bits per heavy atom. The maximum atomic E-state index is 12.2. The summed E-state index contributed by atoms with van der Waals surface area (Å²) >= 11 is 0. The fourth-order valence-corrected chi connectivity index (χ4v) is 3.26. The molecule has 4 nitrogen and oxygen atoms in total. The second kappa shape index (κ2) is 10.7. The number of phenolic OH excluding ortho intramolecular Hbond substituents is 1.